The molecule has 0 saturated carbocycles. The van der Waals surface area contributed by atoms with Crippen LogP contribution in [0, 0.1) is 13.8 Å². The molecule has 0 unspecified atom stereocenters. The Morgan fingerprint density at radius 3 is 2.62 bits per heavy atom. The minimum atomic E-state index is -0.285. The second kappa shape index (κ2) is 7.89. The van der Waals surface area contributed by atoms with Crippen LogP contribution in [0.15, 0.2) is 60.7 Å². The standard InChI is InChI=1S/C21H19N3OS/c1-14-13-15(2)22-20-17(14)9-6-10-18(20)23-21(26)24-19(25)12-11-16-7-4-3-5-8-16/h3-13H,1-2H3,(H2,23,24,25,26)/b12-11+. The molecule has 3 rings (SSSR count). The van der Waals surface area contributed by atoms with Crippen molar-refractivity contribution in [3.8, 4) is 0 Å². The van der Waals surface area contributed by atoms with Crippen molar-refractivity contribution < 1.29 is 4.79 Å². The predicted molar refractivity (Wildman–Crippen MR) is 111 cm³/mol. The number of nitrogens with one attached hydrogen (secondary N) is 2. The van der Waals surface area contributed by atoms with Gasteiger partial charge >= 0.3 is 0 Å². The van der Waals surface area contributed by atoms with E-state index in [9.17, 15) is 4.79 Å². The fourth-order valence-electron chi connectivity index (χ4n) is 2.73. The van der Waals surface area contributed by atoms with Crippen LogP contribution in [0.4, 0.5) is 5.69 Å². The summed E-state index contributed by atoms with van der Waals surface area (Å²) in [6, 6.07) is 17.5. The Bertz CT molecular complexity index is 997. The maximum absolute atomic E-state index is 12.0. The summed E-state index contributed by atoms with van der Waals surface area (Å²) >= 11 is 5.27. The number of amides is 1. The first-order valence-corrected chi connectivity index (χ1v) is 8.66. The van der Waals surface area contributed by atoms with Crippen molar-refractivity contribution in [2.75, 3.05) is 5.32 Å². The minimum Gasteiger partial charge on any atom is -0.331 e. The lowest BCUT2D eigenvalue weighted by atomic mass is 10.1. The SMILES string of the molecule is Cc1cc(C)c2cccc(NC(=S)NC(=O)/C=C/c3ccccc3)c2n1. The van der Waals surface area contributed by atoms with E-state index in [1.165, 1.54) is 6.08 Å². The molecule has 2 aromatic carbocycles. The summed E-state index contributed by atoms with van der Waals surface area (Å²) in [5.74, 6) is -0.285. The average molecular weight is 361 g/mol. The third-order valence-electron chi connectivity index (χ3n) is 3.89. The highest BCUT2D eigenvalue weighted by atomic mass is 32.1. The molecule has 0 saturated heterocycles. The summed E-state index contributed by atoms with van der Waals surface area (Å²) < 4.78 is 0. The third-order valence-corrected chi connectivity index (χ3v) is 4.09. The van der Waals surface area contributed by atoms with Crippen LogP contribution in [-0.2, 0) is 4.79 Å². The van der Waals surface area contributed by atoms with Crippen molar-refractivity contribution in [2.45, 2.75) is 13.8 Å². The molecule has 0 aliphatic carbocycles. The first kappa shape index (κ1) is 17.8. The van der Waals surface area contributed by atoms with Crippen LogP contribution in [0.5, 0.6) is 0 Å². The number of rotatable bonds is 3. The molecule has 26 heavy (non-hydrogen) atoms. The smallest absolute Gasteiger partial charge is 0.250 e. The zero-order chi connectivity index (χ0) is 18.5. The first-order valence-electron chi connectivity index (χ1n) is 8.25. The number of benzene rings is 2. The van der Waals surface area contributed by atoms with Crippen LogP contribution in [0.2, 0.25) is 0 Å². The zero-order valence-corrected chi connectivity index (χ0v) is 15.4. The highest BCUT2D eigenvalue weighted by Gasteiger charge is 2.08. The van der Waals surface area contributed by atoms with Gasteiger partial charge in [0.2, 0.25) is 5.91 Å². The molecule has 1 heterocycles. The maximum Gasteiger partial charge on any atom is 0.250 e. The molecule has 0 spiro atoms. The molecule has 1 aromatic heterocycles. The summed E-state index contributed by atoms with van der Waals surface area (Å²) in [4.78, 5) is 16.6. The summed E-state index contributed by atoms with van der Waals surface area (Å²) in [5.41, 5.74) is 4.64. The van der Waals surface area contributed by atoms with Crippen molar-refractivity contribution in [1.82, 2.24) is 10.3 Å². The van der Waals surface area contributed by atoms with Crippen LogP contribution in [0.25, 0.3) is 17.0 Å². The Morgan fingerprint density at radius 2 is 1.85 bits per heavy atom. The van der Waals surface area contributed by atoms with E-state index in [1.807, 2.05) is 61.5 Å². The minimum absolute atomic E-state index is 0.237. The fraction of sp³-hybridized carbons (Fsp3) is 0.0952. The number of hydrogen-bond donors (Lipinski definition) is 2. The van der Waals surface area contributed by atoms with Gasteiger partial charge in [0.05, 0.1) is 11.2 Å². The van der Waals surface area contributed by atoms with Gasteiger partial charge in [0.15, 0.2) is 5.11 Å². The highest BCUT2D eigenvalue weighted by molar-refractivity contribution is 7.80. The number of anilines is 1. The summed E-state index contributed by atoms with van der Waals surface area (Å²) in [6.45, 7) is 4.01. The van der Waals surface area contributed by atoms with E-state index in [2.05, 4.69) is 22.5 Å². The fourth-order valence-corrected chi connectivity index (χ4v) is 2.94. The normalized spacial score (nSPS) is 10.8. The molecule has 4 nitrogen and oxygen atoms in total. The zero-order valence-electron chi connectivity index (χ0n) is 14.6. The number of carbonyl (C=O) groups is 1. The molecular weight excluding hydrogens is 342 g/mol. The van der Waals surface area contributed by atoms with Gasteiger partial charge < -0.3 is 5.32 Å². The molecule has 5 heteroatoms. The Labute approximate surface area is 158 Å². The lowest BCUT2D eigenvalue weighted by molar-refractivity contribution is -0.115. The lowest BCUT2D eigenvalue weighted by Gasteiger charge is -2.12. The third kappa shape index (κ3) is 4.32. The molecule has 0 aliphatic rings. The number of pyridine rings is 1. The largest absolute Gasteiger partial charge is 0.331 e. The van der Waals surface area contributed by atoms with Crippen molar-refractivity contribution in [3.63, 3.8) is 0 Å². The van der Waals surface area contributed by atoms with Gasteiger partial charge in [-0.15, -0.1) is 0 Å². The number of thiocarbonyl (C=S) groups is 1. The van der Waals surface area contributed by atoms with Gasteiger partial charge in [-0.2, -0.15) is 0 Å². The van der Waals surface area contributed by atoms with E-state index < -0.39 is 0 Å². The summed E-state index contributed by atoms with van der Waals surface area (Å²) in [6.07, 6.45) is 3.20. The van der Waals surface area contributed by atoms with Crippen LogP contribution in [0.1, 0.15) is 16.8 Å². The van der Waals surface area contributed by atoms with Crippen molar-refractivity contribution in [1.29, 1.82) is 0 Å². The lowest BCUT2D eigenvalue weighted by Crippen LogP contribution is -2.32. The molecule has 0 atom stereocenters. The number of carbonyl (C=O) groups excluding carboxylic acids is 1. The van der Waals surface area contributed by atoms with Gasteiger partial charge in [-0.1, -0.05) is 42.5 Å². The molecular formula is C21H19N3OS. The Morgan fingerprint density at radius 1 is 1.08 bits per heavy atom. The number of fused-ring (bicyclic) bond motifs is 1. The summed E-state index contributed by atoms with van der Waals surface area (Å²) in [5, 5.41) is 7.02. The molecule has 0 fully saturated rings. The van der Waals surface area contributed by atoms with Gasteiger partial charge in [-0.3, -0.25) is 15.1 Å². The number of para-hydroxylation sites is 1. The molecule has 0 bridgehead atoms. The molecule has 0 aliphatic heterocycles. The van der Waals surface area contributed by atoms with E-state index in [4.69, 9.17) is 12.2 Å². The van der Waals surface area contributed by atoms with Crippen LogP contribution in [-0.4, -0.2) is 16.0 Å². The van der Waals surface area contributed by atoms with Gasteiger partial charge in [0, 0.05) is 17.2 Å². The number of nitrogens with zero attached hydrogens (tertiary/aromatic N) is 1. The van der Waals surface area contributed by atoms with Gasteiger partial charge in [0.25, 0.3) is 0 Å². The Balaban J connectivity index is 1.71. The van der Waals surface area contributed by atoms with Gasteiger partial charge in [-0.25, -0.2) is 0 Å². The van der Waals surface area contributed by atoms with E-state index >= 15 is 0 Å². The monoisotopic (exact) mass is 361 g/mol. The van der Waals surface area contributed by atoms with Crippen LogP contribution < -0.4 is 10.6 Å². The van der Waals surface area contributed by atoms with Crippen molar-refractivity contribution >= 4 is 45.9 Å². The molecule has 0 radical (unpaired) electrons. The second-order valence-electron chi connectivity index (χ2n) is 5.97. The van der Waals surface area contributed by atoms with Crippen molar-refractivity contribution in [2.24, 2.45) is 0 Å². The predicted octanol–water partition coefficient (Wildman–Crippen LogP) is 4.38. The number of hydrogen-bond acceptors (Lipinski definition) is 3. The van der Waals surface area contributed by atoms with E-state index in [0.29, 0.717) is 0 Å². The molecule has 2 N–H and O–H groups in total. The Kier molecular flexibility index (Phi) is 5.39. The van der Waals surface area contributed by atoms with Crippen LogP contribution in [0.3, 0.4) is 0 Å². The van der Waals surface area contributed by atoms with E-state index in [0.717, 1.165) is 33.4 Å². The molecule has 130 valence electrons. The topological polar surface area (TPSA) is 54.0 Å². The van der Waals surface area contributed by atoms with Crippen molar-refractivity contribution in [3.05, 3.63) is 77.5 Å². The molecule has 1 amide bonds. The van der Waals surface area contributed by atoms with E-state index in [-0.39, 0.29) is 11.0 Å². The highest BCUT2D eigenvalue weighted by Crippen LogP contribution is 2.24. The number of aryl methyl sites for hydroxylation is 2. The molecule has 3 aromatic rings. The Hall–Kier alpha value is -3.05. The van der Waals surface area contributed by atoms with Gasteiger partial charge in [-0.05, 0) is 55.4 Å². The average Bonchev–Trinajstić information content (AvgIpc) is 2.61. The van der Waals surface area contributed by atoms with Gasteiger partial charge in [0.1, 0.15) is 0 Å². The first-order chi connectivity index (χ1) is 12.5. The maximum atomic E-state index is 12.0. The van der Waals surface area contributed by atoms with E-state index in [1.54, 1.807) is 6.08 Å². The second-order valence-corrected chi connectivity index (χ2v) is 6.38. The summed E-state index contributed by atoms with van der Waals surface area (Å²) in [7, 11) is 0. The number of aromatic nitrogens is 1. The van der Waals surface area contributed by atoms with Crippen LogP contribution >= 0.6 is 12.2 Å². The quantitative estimate of drug-likeness (QED) is 0.537.